The van der Waals surface area contributed by atoms with Crippen LogP contribution in [0.2, 0.25) is 0 Å². The number of carbonyl (C=O) groups is 1. The number of Topliss-reactive ketones (excluding diaryl/α,β-unsaturated/α-hetero) is 1. The molecule has 0 spiro atoms. The number of fused-ring (bicyclic) bond motifs is 2. The minimum atomic E-state index is -0.156. The lowest BCUT2D eigenvalue weighted by atomic mass is 9.98. The molecule has 1 aromatic heterocycles. The van der Waals surface area contributed by atoms with Gasteiger partial charge in [0.2, 0.25) is 5.89 Å². The van der Waals surface area contributed by atoms with Crippen LogP contribution in [-0.2, 0) is 0 Å². The van der Waals surface area contributed by atoms with E-state index in [1.165, 1.54) is 0 Å². The van der Waals surface area contributed by atoms with Gasteiger partial charge in [-0.25, -0.2) is 4.98 Å². The summed E-state index contributed by atoms with van der Waals surface area (Å²) in [5.41, 5.74) is 3.25. The first-order chi connectivity index (χ1) is 16.2. The number of oxazole rings is 1. The van der Waals surface area contributed by atoms with E-state index in [9.17, 15) is 4.79 Å². The normalized spacial score (nSPS) is 11.7. The first-order valence-electron chi connectivity index (χ1n) is 11.1. The summed E-state index contributed by atoms with van der Waals surface area (Å²) in [6.07, 6.45) is 2.80. The fourth-order valence-electron chi connectivity index (χ4n) is 3.82. The van der Waals surface area contributed by atoms with Crippen LogP contribution in [0.25, 0.3) is 33.5 Å². The van der Waals surface area contributed by atoms with Gasteiger partial charge in [-0.3, -0.25) is 4.79 Å². The number of rotatable bonds is 7. The summed E-state index contributed by atoms with van der Waals surface area (Å²) in [6, 6.07) is 28.9. The first kappa shape index (κ1) is 20.7. The molecule has 162 valence electrons. The van der Waals surface area contributed by atoms with Gasteiger partial charge in [0.25, 0.3) is 0 Å². The Morgan fingerprint density at radius 2 is 1.67 bits per heavy atom. The first-order valence-corrected chi connectivity index (χ1v) is 11.1. The molecule has 0 aliphatic heterocycles. The highest BCUT2D eigenvalue weighted by Crippen LogP contribution is 2.29. The minimum Gasteiger partial charge on any atom is -0.494 e. The Bertz CT molecular complexity index is 1420. The van der Waals surface area contributed by atoms with Crippen molar-refractivity contribution in [2.24, 2.45) is 0 Å². The van der Waals surface area contributed by atoms with E-state index < -0.39 is 0 Å². The van der Waals surface area contributed by atoms with Crippen LogP contribution in [0.15, 0.2) is 95.4 Å². The molecule has 1 heterocycles. The lowest BCUT2D eigenvalue weighted by Gasteiger charge is -2.08. The van der Waals surface area contributed by atoms with Gasteiger partial charge in [0.05, 0.1) is 12.2 Å². The highest BCUT2D eigenvalue weighted by atomic mass is 16.5. The third-order valence-electron chi connectivity index (χ3n) is 5.48. The molecule has 0 amide bonds. The summed E-state index contributed by atoms with van der Waals surface area (Å²) in [5.74, 6) is 0.895. The standard InChI is InChI=1S/C29H23NO3/c1-2-18-32-23-16-14-21(15-17-23)28(31)25(29-30-26-12-5-6-13-27(26)33-29)19-22-10-7-9-20-8-3-4-11-24(20)22/h3-17,19H,2,18H2,1H3/b25-19-. The zero-order valence-corrected chi connectivity index (χ0v) is 18.3. The average Bonchev–Trinajstić information content (AvgIpc) is 3.30. The van der Waals surface area contributed by atoms with E-state index in [1.807, 2.05) is 66.7 Å². The Morgan fingerprint density at radius 1 is 0.909 bits per heavy atom. The second-order valence-electron chi connectivity index (χ2n) is 7.82. The predicted molar refractivity (Wildman–Crippen MR) is 132 cm³/mol. The van der Waals surface area contributed by atoms with Crippen LogP contribution in [0.4, 0.5) is 0 Å². The van der Waals surface area contributed by atoms with Crippen molar-refractivity contribution in [2.45, 2.75) is 13.3 Å². The summed E-state index contributed by atoms with van der Waals surface area (Å²) in [7, 11) is 0. The topological polar surface area (TPSA) is 52.3 Å². The lowest BCUT2D eigenvalue weighted by molar-refractivity contribution is 0.105. The molecular formula is C29H23NO3. The molecule has 5 aromatic rings. The van der Waals surface area contributed by atoms with E-state index >= 15 is 0 Å². The van der Waals surface area contributed by atoms with Gasteiger partial charge in [-0.15, -0.1) is 0 Å². The van der Waals surface area contributed by atoms with Gasteiger partial charge >= 0.3 is 0 Å². The zero-order chi connectivity index (χ0) is 22.6. The molecule has 0 bridgehead atoms. The number of hydrogen-bond donors (Lipinski definition) is 0. The predicted octanol–water partition coefficient (Wildman–Crippen LogP) is 7.19. The minimum absolute atomic E-state index is 0.156. The zero-order valence-electron chi connectivity index (χ0n) is 18.3. The molecule has 0 N–H and O–H groups in total. The number of aromatic nitrogens is 1. The number of para-hydroxylation sites is 2. The molecule has 0 unspecified atom stereocenters. The highest BCUT2D eigenvalue weighted by molar-refractivity contribution is 6.32. The number of carbonyl (C=O) groups excluding carboxylic acids is 1. The summed E-state index contributed by atoms with van der Waals surface area (Å²) in [6.45, 7) is 2.70. The SMILES string of the molecule is CCCOc1ccc(C(=O)/C(=C/c2cccc3ccccc23)c2nc3ccccc3o2)cc1. The quantitative estimate of drug-likeness (QED) is 0.201. The molecule has 33 heavy (non-hydrogen) atoms. The fourth-order valence-corrected chi connectivity index (χ4v) is 3.82. The van der Waals surface area contributed by atoms with Gasteiger partial charge in [-0.05, 0) is 65.2 Å². The summed E-state index contributed by atoms with van der Waals surface area (Å²) >= 11 is 0. The number of ether oxygens (including phenoxy) is 1. The number of nitrogens with zero attached hydrogens (tertiary/aromatic N) is 1. The molecule has 4 nitrogen and oxygen atoms in total. The van der Waals surface area contributed by atoms with Crippen LogP contribution in [0.5, 0.6) is 5.75 Å². The van der Waals surface area contributed by atoms with Gasteiger partial charge in [0.1, 0.15) is 11.3 Å². The van der Waals surface area contributed by atoms with Crippen molar-refractivity contribution in [1.29, 1.82) is 0 Å². The highest BCUT2D eigenvalue weighted by Gasteiger charge is 2.21. The molecule has 4 aromatic carbocycles. The van der Waals surface area contributed by atoms with E-state index in [0.29, 0.717) is 34.7 Å². The van der Waals surface area contributed by atoms with Crippen LogP contribution < -0.4 is 4.74 Å². The van der Waals surface area contributed by atoms with Crippen molar-refractivity contribution >= 4 is 39.3 Å². The van der Waals surface area contributed by atoms with Gasteiger partial charge < -0.3 is 9.15 Å². The third-order valence-corrected chi connectivity index (χ3v) is 5.48. The van der Waals surface area contributed by atoms with Crippen LogP contribution in [0.1, 0.15) is 35.2 Å². The van der Waals surface area contributed by atoms with Crippen LogP contribution in [0.3, 0.4) is 0 Å². The molecule has 5 rings (SSSR count). The molecule has 0 atom stereocenters. The van der Waals surface area contributed by atoms with Gasteiger partial charge in [-0.2, -0.15) is 0 Å². The van der Waals surface area contributed by atoms with E-state index in [4.69, 9.17) is 9.15 Å². The van der Waals surface area contributed by atoms with Crippen molar-refractivity contribution in [1.82, 2.24) is 4.98 Å². The summed E-state index contributed by atoms with van der Waals surface area (Å²) in [4.78, 5) is 18.3. The molecule has 0 radical (unpaired) electrons. The second kappa shape index (κ2) is 9.13. The number of hydrogen-bond acceptors (Lipinski definition) is 4. The Kier molecular flexibility index (Phi) is 5.73. The van der Waals surface area contributed by atoms with E-state index in [-0.39, 0.29) is 5.78 Å². The van der Waals surface area contributed by atoms with Crippen molar-refractivity contribution < 1.29 is 13.9 Å². The summed E-state index contributed by atoms with van der Waals surface area (Å²) < 4.78 is 11.7. The largest absolute Gasteiger partial charge is 0.494 e. The molecule has 0 aliphatic carbocycles. The second-order valence-corrected chi connectivity index (χ2v) is 7.82. The number of allylic oxidation sites excluding steroid dienone is 1. The summed E-state index contributed by atoms with van der Waals surface area (Å²) in [5, 5.41) is 2.16. The Morgan fingerprint density at radius 3 is 2.48 bits per heavy atom. The monoisotopic (exact) mass is 433 g/mol. The Labute approximate surface area is 192 Å². The lowest BCUT2D eigenvalue weighted by Crippen LogP contribution is -2.04. The number of ketones is 1. The molecule has 0 saturated carbocycles. The molecule has 4 heteroatoms. The maximum atomic E-state index is 13.7. The van der Waals surface area contributed by atoms with Gasteiger partial charge in [-0.1, -0.05) is 61.5 Å². The molecule has 0 fully saturated rings. The Balaban J connectivity index is 1.62. The van der Waals surface area contributed by atoms with Crippen LogP contribution in [0, 0.1) is 0 Å². The fraction of sp³-hybridized carbons (Fsp3) is 0.103. The number of benzene rings is 4. The average molecular weight is 434 g/mol. The smallest absolute Gasteiger partial charge is 0.231 e. The maximum absolute atomic E-state index is 13.7. The van der Waals surface area contributed by atoms with E-state index in [1.54, 1.807) is 12.1 Å². The molecule has 0 saturated heterocycles. The van der Waals surface area contributed by atoms with Crippen molar-refractivity contribution in [3.05, 3.63) is 108 Å². The van der Waals surface area contributed by atoms with Gasteiger partial charge in [0.15, 0.2) is 11.4 Å². The van der Waals surface area contributed by atoms with Gasteiger partial charge in [0, 0.05) is 5.56 Å². The third kappa shape index (κ3) is 4.28. The Hall–Kier alpha value is -4.18. The van der Waals surface area contributed by atoms with Crippen LogP contribution in [-0.4, -0.2) is 17.4 Å². The maximum Gasteiger partial charge on any atom is 0.231 e. The van der Waals surface area contributed by atoms with Crippen molar-refractivity contribution in [3.8, 4) is 5.75 Å². The molecular weight excluding hydrogens is 410 g/mol. The van der Waals surface area contributed by atoms with E-state index in [2.05, 4.69) is 30.1 Å². The molecule has 0 aliphatic rings. The van der Waals surface area contributed by atoms with Crippen LogP contribution >= 0.6 is 0 Å². The van der Waals surface area contributed by atoms with Crippen molar-refractivity contribution in [3.63, 3.8) is 0 Å². The van der Waals surface area contributed by atoms with E-state index in [0.717, 1.165) is 28.5 Å². The van der Waals surface area contributed by atoms with Crippen molar-refractivity contribution in [2.75, 3.05) is 6.61 Å².